The van der Waals surface area contributed by atoms with Gasteiger partial charge in [-0.05, 0) is 49.4 Å². The fourth-order valence-electron chi connectivity index (χ4n) is 2.07. The maximum absolute atomic E-state index is 5.67. The predicted octanol–water partition coefficient (Wildman–Crippen LogP) is 1.84. The van der Waals surface area contributed by atoms with Crippen LogP contribution in [-0.2, 0) is 6.54 Å². The lowest BCUT2D eigenvalue weighted by Crippen LogP contribution is -2.22. The number of likely N-dealkylation sites (tertiary alicyclic amines) is 1. The highest BCUT2D eigenvalue weighted by atomic mass is 32.1. The first-order chi connectivity index (χ1) is 6.79. The first kappa shape index (κ1) is 10.1. The molecule has 2 nitrogen and oxygen atoms in total. The van der Waals surface area contributed by atoms with Gasteiger partial charge in [-0.1, -0.05) is 0 Å². The van der Waals surface area contributed by atoms with Crippen molar-refractivity contribution in [1.29, 1.82) is 0 Å². The molecule has 1 unspecified atom stereocenters. The number of rotatable bonds is 3. The molecule has 1 aliphatic rings. The molecule has 0 aromatic carbocycles. The fraction of sp³-hybridized carbons (Fsp3) is 0.636. The highest BCUT2D eigenvalue weighted by molar-refractivity contribution is 7.10. The van der Waals surface area contributed by atoms with Crippen LogP contribution < -0.4 is 5.73 Å². The van der Waals surface area contributed by atoms with Crippen molar-refractivity contribution in [2.45, 2.75) is 19.9 Å². The van der Waals surface area contributed by atoms with E-state index in [9.17, 15) is 0 Å². The fourth-order valence-corrected chi connectivity index (χ4v) is 2.79. The second kappa shape index (κ2) is 4.43. The monoisotopic (exact) mass is 210 g/mol. The molecule has 2 rings (SSSR count). The van der Waals surface area contributed by atoms with Gasteiger partial charge < -0.3 is 5.73 Å². The number of aryl methyl sites for hydroxylation is 1. The van der Waals surface area contributed by atoms with E-state index < -0.39 is 0 Å². The van der Waals surface area contributed by atoms with Crippen LogP contribution in [0.5, 0.6) is 0 Å². The molecule has 0 aliphatic carbocycles. The van der Waals surface area contributed by atoms with Crippen LogP contribution in [0.25, 0.3) is 0 Å². The van der Waals surface area contributed by atoms with Crippen LogP contribution in [0.1, 0.15) is 16.9 Å². The first-order valence-electron chi connectivity index (χ1n) is 5.25. The quantitative estimate of drug-likeness (QED) is 0.825. The third-order valence-corrected chi connectivity index (χ3v) is 3.95. The maximum atomic E-state index is 5.67. The van der Waals surface area contributed by atoms with E-state index in [0.29, 0.717) is 0 Å². The summed E-state index contributed by atoms with van der Waals surface area (Å²) in [7, 11) is 0. The van der Waals surface area contributed by atoms with Crippen LogP contribution in [0.4, 0.5) is 0 Å². The molecule has 1 atom stereocenters. The molecule has 2 N–H and O–H groups in total. The molecule has 0 saturated carbocycles. The van der Waals surface area contributed by atoms with E-state index in [4.69, 9.17) is 5.73 Å². The molecule has 1 aromatic heterocycles. The van der Waals surface area contributed by atoms with Crippen LogP contribution >= 0.6 is 11.3 Å². The number of hydrogen-bond acceptors (Lipinski definition) is 3. The highest BCUT2D eigenvalue weighted by Crippen LogP contribution is 2.21. The van der Waals surface area contributed by atoms with Gasteiger partial charge in [-0.2, -0.15) is 0 Å². The van der Waals surface area contributed by atoms with Gasteiger partial charge in [0, 0.05) is 18.0 Å². The Labute approximate surface area is 89.7 Å². The lowest BCUT2D eigenvalue weighted by molar-refractivity contribution is 0.318. The summed E-state index contributed by atoms with van der Waals surface area (Å²) in [5.41, 5.74) is 7.17. The Morgan fingerprint density at radius 3 is 3.07 bits per heavy atom. The largest absolute Gasteiger partial charge is 0.330 e. The molecule has 0 spiro atoms. The number of thiophene rings is 1. The molecule has 1 aliphatic heterocycles. The van der Waals surface area contributed by atoms with Crippen LogP contribution in [0.2, 0.25) is 0 Å². The van der Waals surface area contributed by atoms with Gasteiger partial charge in [0.2, 0.25) is 0 Å². The van der Waals surface area contributed by atoms with Gasteiger partial charge in [0.1, 0.15) is 0 Å². The van der Waals surface area contributed by atoms with Crippen molar-refractivity contribution in [3.8, 4) is 0 Å². The Balaban J connectivity index is 1.90. The van der Waals surface area contributed by atoms with Gasteiger partial charge in [-0.3, -0.25) is 4.90 Å². The second-order valence-electron chi connectivity index (χ2n) is 4.13. The zero-order chi connectivity index (χ0) is 9.97. The van der Waals surface area contributed by atoms with Gasteiger partial charge in [0.05, 0.1) is 0 Å². The van der Waals surface area contributed by atoms with Crippen molar-refractivity contribution in [3.63, 3.8) is 0 Å². The molecule has 0 radical (unpaired) electrons. The summed E-state index contributed by atoms with van der Waals surface area (Å²) in [4.78, 5) is 3.98. The minimum atomic E-state index is 0.731. The van der Waals surface area contributed by atoms with Gasteiger partial charge in [-0.25, -0.2) is 0 Å². The lowest BCUT2D eigenvalue weighted by atomic mass is 10.1. The average Bonchev–Trinajstić information content (AvgIpc) is 2.77. The van der Waals surface area contributed by atoms with E-state index in [2.05, 4.69) is 23.3 Å². The van der Waals surface area contributed by atoms with E-state index in [1.807, 2.05) is 11.3 Å². The molecule has 3 heteroatoms. The zero-order valence-electron chi connectivity index (χ0n) is 8.70. The van der Waals surface area contributed by atoms with Crippen LogP contribution in [-0.4, -0.2) is 24.5 Å². The van der Waals surface area contributed by atoms with E-state index in [0.717, 1.165) is 19.0 Å². The Hall–Kier alpha value is -0.380. The molecule has 78 valence electrons. The van der Waals surface area contributed by atoms with Crippen molar-refractivity contribution in [2.24, 2.45) is 11.7 Å². The van der Waals surface area contributed by atoms with Gasteiger partial charge in [0.25, 0.3) is 0 Å². The summed E-state index contributed by atoms with van der Waals surface area (Å²) in [6.45, 7) is 6.57. The number of nitrogens with two attached hydrogens (primary N) is 1. The van der Waals surface area contributed by atoms with Crippen LogP contribution in [0.15, 0.2) is 11.4 Å². The summed E-state index contributed by atoms with van der Waals surface area (Å²) in [6, 6.07) is 2.25. The Morgan fingerprint density at radius 1 is 1.64 bits per heavy atom. The Bertz CT molecular complexity index is 295. The van der Waals surface area contributed by atoms with Gasteiger partial charge >= 0.3 is 0 Å². The van der Waals surface area contributed by atoms with Gasteiger partial charge in [0.15, 0.2) is 0 Å². The molecule has 0 bridgehead atoms. The third-order valence-electron chi connectivity index (χ3n) is 3.06. The number of hydrogen-bond donors (Lipinski definition) is 1. The van der Waals surface area contributed by atoms with Crippen molar-refractivity contribution in [1.82, 2.24) is 4.90 Å². The molecular weight excluding hydrogens is 192 g/mol. The van der Waals surface area contributed by atoms with E-state index in [1.165, 1.54) is 30.0 Å². The Kier molecular flexibility index (Phi) is 3.21. The molecule has 0 amide bonds. The van der Waals surface area contributed by atoms with Crippen molar-refractivity contribution in [2.75, 3.05) is 19.6 Å². The normalized spacial score (nSPS) is 23.1. The van der Waals surface area contributed by atoms with Crippen molar-refractivity contribution < 1.29 is 0 Å². The predicted molar refractivity (Wildman–Crippen MR) is 61.5 cm³/mol. The topological polar surface area (TPSA) is 29.3 Å². The van der Waals surface area contributed by atoms with Crippen LogP contribution in [0.3, 0.4) is 0 Å². The summed E-state index contributed by atoms with van der Waals surface area (Å²) in [5, 5.41) is 2.18. The smallest absolute Gasteiger partial charge is 0.0244 e. The van der Waals surface area contributed by atoms with E-state index >= 15 is 0 Å². The van der Waals surface area contributed by atoms with Gasteiger partial charge in [-0.15, -0.1) is 11.3 Å². The molecular formula is C11H18N2S. The SMILES string of the molecule is Cc1sccc1CN1CCC(CN)C1. The lowest BCUT2D eigenvalue weighted by Gasteiger charge is -2.15. The number of nitrogens with zero attached hydrogens (tertiary/aromatic N) is 1. The highest BCUT2D eigenvalue weighted by Gasteiger charge is 2.21. The zero-order valence-corrected chi connectivity index (χ0v) is 9.52. The molecule has 2 heterocycles. The average molecular weight is 210 g/mol. The Morgan fingerprint density at radius 2 is 2.50 bits per heavy atom. The molecule has 14 heavy (non-hydrogen) atoms. The van der Waals surface area contributed by atoms with Crippen molar-refractivity contribution in [3.05, 3.63) is 21.9 Å². The molecule has 1 aromatic rings. The van der Waals surface area contributed by atoms with Crippen molar-refractivity contribution >= 4 is 11.3 Å². The minimum Gasteiger partial charge on any atom is -0.330 e. The first-order valence-corrected chi connectivity index (χ1v) is 6.13. The summed E-state index contributed by atoms with van der Waals surface area (Å²) in [6.07, 6.45) is 1.28. The summed E-state index contributed by atoms with van der Waals surface area (Å²) >= 11 is 1.84. The second-order valence-corrected chi connectivity index (χ2v) is 5.25. The maximum Gasteiger partial charge on any atom is 0.0244 e. The van der Waals surface area contributed by atoms with E-state index in [1.54, 1.807) is 0 Å². The van der Waals surface area contributed by atoms with E-state index in [-0.39, 0.29) is 0 Å². The standard InChI is InChI=1S/C11H18N2S/c1-9-11(3-5-14-9)8-13-4-2-10(6-12)7-13/h3,5,10H,2,4,6-8,12H2,1H3. The summed E-state index contributed by atoms with van der Waals surface area (Å²) in [5.74, 6) is 0.731. The molecule has 1 saturated heterocycles. The van der Waals surface area contributed by atoms with Crippen LogP contribution in [0, 0.1) is 12.8 Å². The third kappa shape index (κ3) is 2.16. The summed E-state index contributed by atoms with van der Waals surface area (Å²) < 4.78 is 0. The molecule has 1 fully saturated rings. The minimum absolute atomic E-state index is 0.731.